The van der Waals surface area contributed by atoms with Gasteiger partial charge in [-0.1, -0.05) is 36.6 Å². The summed E-state index contributed by atoms with van der Waals surface area (Å²) in [6, 6.07) is 6.24. The van der Waals surface area contributed by atoms with Crippen molar-refractivity contribution in [1.29, 1.82) is 0 Å². The first-order chi connectivity index (χ1) is 8.50. The molecule has 0 atom stereocenters. The van der Waals surface area contributed by atoms with Crippen LogP contribution in [0.1, 0.15) is 25.7 Å². The molecule has 1 aromatic rings. The van der Waals surface area contributed by atoms with Gasteiger partial charge in [-0.15, -0.1) is 0 Å². The molecule has 0 aromatic heterocycles. The molecule has 0 heterocycles. The topological polar surface area (TPSA) is 51.2 Å². The second-order valence-corrected chi connectivity index (χ2v) is 7.00. The largest absolute Gasteiger partial charge is 0.298 e. The van der Waals surface area contributed by atoms with E-state index >= 15 is 0 Å². The van der Waals surface area contributed by atoms with Crippen LogP contribution in [0.2, 0.25) is 5.02 Å². The Balaban J connectivity index is 2.17. The standard InChI is InChI=1S/C13H15ClO3S/c14-11-7-3-4-8-13(11)18(16,17)9-12(15)10-5-1-2-6-10/h3-4,7-8,10H,1-2,5-6,9H2. The number of halogens is 1. The summed E-state index contributed by atoms with van der Waals surface area (Å²) >= 11 is 5.86. The van der Waals surface area contributed by atoms with Gasteiger partial charge in [0.25, 0.3) is 0 Å². The highest BCUT2D eigenvalue weighted by atomic mass is 35.5. The molecule has 0 amide bonds. The van der Waals surface area contributed by atoms with Gasteiger partial charge in [-0.05, 0) is 25.0 Å². The lowest BCUT2D eigenvalue weighted by molar-refractivity contribution is -0.120. The number of carbonyl (C=O) groups excluding carboxylic acids is 1. The highest BCUT2D eigenvalue weighted by molar-refractivity contribution is 7.92. The molecule has 0 bridgehead atoms. The van der Waals surface area contributed by atoms with Crippen molar-refractivity contribution in [2.45, 2.75) is 30.6 Å². The zero-order chi connectivity index (χ0) is 13.2. The van der Waals surface area contributed by atoms with Crippen molar-refractivity contribution in [1.82, 2.24) is 0 Å². The maximum atomic E-state index is 12.1. The highest BCUT2D eigenvalue weighted by Gasteiger charge is 2.28. The second kappa shape index (κ2) is 5.41. The van der Waals surface area contributed by atoms with Crippen molar-refractivity contribution in [2.24, 2.45) is 5.92 Å². The molecule has 0 radical (unpaired) electrons. The number of ketones is 1. The molecule has 1 fully saturated rings. The predicted molar refractivity (Wildman–Crippen MR) is 70.5 cm³/mol. The van der Waals surface area contributed by atoms with Crippen molar-refractivity contribution in [2.75, 3.05) is 5.75 Å². The number of rotatable bonds is 4. The maximum absolute atomic E-state index is 12.1. The van der Waals surface area contributed by atoms with Crippen molar-refractivity contribution in [3.8, 4) is 0 Å². The molecule has 3 nitrogen and oxygen atoms in total. The zero-order valence-corrected chi connectivity index (χ0v) is 11.5. The Hall–Kier alpha value is -0.870. The summed E-state index contributed by atoms with van der Waals surface area (Å²) in [4.78, 5) is 12.0. The summed E-state index contributed by atoms with van der Waals surface area (Å²) in [7, 11) is -3.61. The first kappa shape index (κ1) is 13.6. The molecule has 1 aliphatic rings. The van der Waals surface area contributed by atoms with Crippen LogP contribution in [0.5, 0.6) is 0 Å². The summed E-state index contributed by atoms with van der Waals surface area (Å²) < 4.78 is 24.2. The highest BCUT2D eigenvalue weighted by Crippen LogP contribution is 2.28. The summed E-state index contributed by atoms with van der Waals surface area (Å²) in [5.41, 5.74) is 0. The van der Waals surface area contributed by atoms with Crippen LogP contribution < -0.4 is 0 Å². The van der Waals surface area contributed by atoms with Crippen LogP contribution in [-0.4, -0.2) is 20.0 Å². The van der Waals surface area contributed by atoms with Gasteiger partial charge >= 0.3 is 0 Å². The van der Waals surface area contributed by atoms with Gasteiger partial charge in [-0.25, -0.2) is 8.42 Å². The van der Waals surface area contributed by atoms with Crippen LogP contribution in [0.25, 0.3) is 0 Å². The SMILES string of the molecule is O=C(CS(=O)(=O)c1ccccc1Cl)C1CCCC1. The van der Waals surface area contributed by atoms with Crippen molar-refractivity contribution in [3.05, 3.63) is 29.3 Å². The quantitative estimate of drug-likeness (QED) is 0.855. The fraction of sp³-hybridized carbons (Fsp3) is 0.462. The van der Waals surface area contributed by atoms with E-state index in [0.717, 1.165) is 25.7 Å². The fourth-order valence-corrected chi connectivity index (χ4v) is 4.23. The minimum absolute atomic E-state index is 0.0537. The number of carbonyl (C=O) groups is 1. The van der Waals surface area contributed by atoms with Crippen LogP contribution in [0, 0.1) is 5.92 Å². The third-order valence-corrected chi connectivity index (χ3v) is 5.45. The molecule has 0 unspecified atom stereocenters. The summed E-state index contributed by atoms with van der Waals surface area (Å²) in [6.45, 7) is 0. The number of hydrogen-bond acceptors (Lipinski definition) is 3. The van der Waals surface area contributed by atoms with Crippen molar-refractivity contribution < 1.29 is 13.2 Å². The van der Waals surface area contributed by atoms with Gasteiger partial charge < -0.3 is 0 Å². The van der Waals surface area contributed by atoms with Gasteiger partial charge in [0.05, 0.1) is 9.92 Å². The van der Waals surface area contributed by atoms with E-state index < -0.39 is 15.6 Å². The first-order valence-corrected chi connectivity index (χ1v) is 8.04. The van der Waals surface area contributed by atoms with Gasteiger partial charge in [0.2, 0.25) is 0 Å². The molecule has 1 aromatic carbocycles. The van der Waals surface area contributed by atoms with Gasteiger partial charge in [0.15, 0.2) is 15.6 Å². The number of Topliss-reactive ketones (excluding diaryl/α,β-unsaturated/α-hetero) is 1. The third kappa shape index (κ3) is 2.93. The van der Waals surface area contributed by atoms with E-state index in [4.69, 9.17) is 11.6 Å². The minimum Gasteiger partial charge on any atom is -0.298 e. The number of hydrogen-bond donors (Lipinski definition) is 0. The second-order valence-electron chi connectivity index (χ2n) is 4.64. The van der Waals surface area contributed by atoms with E-state index in [2.05, 4.69) is 0 Å². The lowest BCUT2D eigenvalue weighted by Gasteiger charge is -2.09. The van der Waals surface area contributed by atoms with E-state index in [1.807, 2.05) is 0 Å². The van der Waals surface area contributed by atoms with E-state index in [1.54, 1.807) is 12.1 Å². The summed E-state index contributed by atoms with van der Waals surface area (Å²) in [6.07, 6.45) is 3.67. The minimum atomic E-state index is -3.61. The average Bonchev–Trinajstić information content (AvgIpc) is 2.82. The molecule has 0 N–H and O–H groups in total. The Morgan fingerprint density at radius 2 is 1.83 bits per heavy atom. The molecule has 5 heteroatoms. The molecule has 0 aliphatic heterocycles. The normalized spacial score (nSPS) is 16.9. The Morgan fingerprint density at radius 1 is 1.22 bits per heavy atom. The van der Waals surface area contributed by atoms with Gasteiger partial charge in [0, 0.05) is 5.92 Å². The fourth-order valence-electron chi connectivity index (χ4n) is 2.33. The van der Waals surface area contributed by atoms with Crippen molar-refractivity contribution in [3.63, 3.8) is 0 Å². The van der Waals surface area contributed by atoms with E-state index in [9.17, 15) is 13.2 Å². The van der Waals surface area contributed by atoms with Crippen LogP contribution in [0.3, 0.4) is 0 Å². The smallest absolute Gasteiger partial charge is 0.186 e. The Bertz CT molecular complexity index is 545. The molecule has 0 spiro atoms. The molecule has 1 aliphatic carbocycles. The molecule has 0 saturated heterocycles. The lowest BCUT2D eigenvalue weighted by Crippen LogP contribution is -2.22. The van der Waals surface area contributed by atoms with Gasteiger partial charge in [-0.2, -0.15) is 0 Å². The van der Waals surface area contributed by atoms with E-state index in [0.29, 0.717) is 0 Å². The Kier molecular flexibility index (Phi) is 4.07. The van der Waals surface area contributed by atoms with Crippen LogP contribution in [-0.2, 0) is 14.6 Å². The molecule has 2 rings (SSSR count). The zero-order valence-electron chi connectivity index (χ0n) is 9.93. The predicted octanol–water partition coefficient (Wildman–Crippen LogP) is 2.87. The first-order valence-electron chi connectivity index (χ1n) is 6.01. The van der Waals surface area contributed by atoms with Gasteiger partial charge in [0.1, 0.15) is 5.75 Å². The van der Waals surface area contributed by atoms with Crippen LogP contribution >= 0.6 is 11.6 Å². The molecular weight excluding hydrogens is 272 g/mol. The summed E-state index contributed by atoms with van der Waals surface area (Å²) in [5.74, 6) is -0.684. The Morgan fingerprint density at radius 3 is 2.44 bits per heavy atom. The van der Waals surface area contributed by atoms with Crippen LogP contribution in [0.4, 0.5) is 0 Å². The maximum Gasteiger partial charge on any atom is 0.186 e. The number of sulfone groups is 1. The molecule has 98 valence electrons. The summed E-state index contributed by atoms with van der Waals surface area (Å²) in [5, 5.41) is 0.178. The molecular formula is C13H15ClO3S. The third-order valence-electron chi connectivity index (χ3n) is 3.31. The lowest BCUT2D eigenvalue weighted by atomic mass is 10.0. The monoisotopic (exact) mass is 286 g/mol. The molecule has 18 heavy (non-hydrogen) atoms. The Labute approximate surface area is 112 Å². The van der Waals surface area contributed by atoms with Gasteiger partial charge in [-0.3, -0.25) is 4.79 Å². The van der Waals surface area contributed by atoms with E-state index in [-0.39, 0.29) is 21.6 Å². The average molecular weight is 287 g/mol. The van der Waals surface area contributed by atoms with E-state index in [1.165, 1.54) is 12.1 Å². The van der Waals surface area contributed by atoms with Crippen molar-refractivity contribution >= 4 is 27.2 Å². The number of benzene rings is 1. The molecule has 1 saturated carbocycles. The van der Waals surface area contributed by atoms with Crippen LogP contribution in [0.15, 0.2) is 29.2 Å².